The summed E-state index contributed by atoms with van der Waals surface area (Å²) in [6, 6.07) is 10.6. The Morgan fingerprint density at radius 3 is 2.59 bits per heavy atom. The number of para-hydroxylation sites is 1. The SMILES string of the molecule is O=C(CCCc1nc2ccccc2c(=O)[nH]1)Nc1cc(C(F)(F)F)ccc1NC1CCCCC1. The molecule has 0 saturated heterocycles. The van der Waals surface area contributed by atoms with E-state index in [0.29, 0.717) is 35.3 Å². The lowest BCUT2D eigenvalue weighted by atomic mass is 9.95. The smallest absolute Gasteiger partial charge is 0.381 e. The fourth-order valence-electron chi connectivity index (χ4n) is 4.30. The zero-order valence-electron chi connectivity index (χ0n) is 18.7. The predicted octanol–water partition coefficient (Wildman–Crippen LogP) is 5.65. The van der Waals surface area contributed by atoms with Crippen LogP contribution in [-0.4, -0.2) is 21.9 Å². The first-order valence-electron chi connectivity index (χ1n) is 11.6. The van der Waals surface area contributed by atoms with Gasteiger partial charge in [-0.3, -0.25) is 9.59 Å². The molecule has 180 valence electrons. The maximum absolute atomic E-state index is 13.3. The summed E-state index contributed by atoms with van der Waals surface area (Å²) < 4.78 is 39.8. The molecule has 1 aliphatic carbocycles. The molecular weight excluding hydrogens is 445 g/mol. The average Bonchev–Trinajstić information content (AvgIpc) is 2.80. The summed E-state index contributed by atoms with van der Waals surface area (Å²) in [6.07, 6.45) is 1.53. The van der Waals surface area contributed by atoms with Crippen LogP contribution in [0.15, 0.2) is 47.3 Å². The highest BCUT2D eigenvalue weighted by Crippen LogP contribution is 2.35. The molecule has 0 aliphatic heterocycles. The van der Waals surface area contributed by atoms with Crippen molar-refractivity contribution < 1.29 is 18.0 Å². The van der Waals surface area contributed by atoms with Crippen molar-refractivity contribution in [2.45, 2.75) is 63.6 Å². The third-order valence-electron chi connectivity index (χ3n) is 6.07. The molecule has 0 radical (unpaired) electrons. The molecule has 2 aromatic carbocycles. The Kier molecular flexibility index (Phi) is 7.19. The Labute approximate surface area is 195 Å². The zero-order chi connectivity index (χ0) is 24.1. The van der Waals surface area contributed by atoms with Crippen molar-refractivity contribution in [3.8, 4) is 0 Å². The van der Waals surface area contributed by atoms with Gasteiger partial charge in [0.1, 0.15) is 5.82 Å². The lowest BCUT2D eigenvalue weighted by Crippen LogP contribution is -2.24. The summed E-state index contributed by atoms with van der Waals surface area (Å²) in [5, 5.41) is 6.45. The summed E-state index contributed by atoms with van der Waals surface area (Å²) in [6.45, 7) is 0. The van der Waals surface area contributed by atoms with Gasteiger partial charge in [-0.05, 0) is 49.6 Å². The molecule has 1 saturated carbocycles. The van der Waals surface area contributed by atoms with E-state index in [2.05, 4.69) is 20.6 Å². The summed E-state index contributed by atoms with van der Waals surface area (Å²) in [7, 11) is 0. The molecule has 0 bridgehead atoms. The molecule has 1 aromatic heterocycles. The molecule has 9 heteroatoms. The van der Waals surface area contributed by atoms with E-state index in [1.54, 1.807) is 24.3 Å². The van der Waals surface area contributed by atoms with Gasteiger partial charge in [0.2, 0.25) is 5.91 Å². The van der Waals surface area contributed by atoms with Gasteiger partial charge in [-0.1, -0.05) is 31.4 Å². The van der Waals surface area contributed by atoms with Gasteiger partial charge < -0.3 is 15.6 Å². The number of hydrogen-bond acceptors (Lipinski definition) is 4. The first-order valence-corrected chi connectivity index (χ1v) is 11.6. The second-order valence-electron chi connectivity index (χ2n) is 8.67. The Hall–Kier alpha value is -3.36. The van der Waals surface area contributed by atoms with Crippen LogP contribution < -0.4 is 16.2 Å². The minimum atomic E-state index is -4.50. The van der Waals surface area contributed by atoms with Gasteiger partial charge in [0.25, 0.3) is 5.56 Å². The van der Waals surface area contributed by atoms with Crippen molar-refractivity contribution >= 4 is 28.2 Å². The number of halogens is 3. The van der Waals surface area contributed by atoms with E-state index in [1.807, 2.05) is 0 Å². The number of carbonyl (C=O) groups is 1. The highest BCUT2D eigenvalue weighted by molar-refractivity contribution is 5.94. The van der Waals surface area contributed by atoms with Crippen LogP contribution in [0.4, 0.5) is 24.5 Å². The minimum absolute atomic E-state index is 0.0790. The number of carbonyl (C=O) groups excluding carboxylic acids is 1. The molecule has 6 nitrogen and oxygen atoms in total. The van der Waals surface area contributed by atoms with Crippen molar-refractivity contribution in [2.24, 2.45) is 0 Å². The van der Waals surface area contributed by atoms with Crippen molar-refractivity contribution in [3.05, 3.63) is 64.2 Å². The Balaban J connectivity index is 1.42. The summed E-state index contributed by atoms with van der Waals surface area (Å²) in [5.41, 5.74) is 0.145. The van der Waals surface area contributed by atoms with Crippen LogP contribution in [0.2, 0.25) is 0 Å². The molecule has 34 heavy (non-hydrogen) atoms. The Morgan fingerprint density at radius 1 is 1.06 bits per heavy atom. The van der Waals surface area contributed by atoms with Gasteiger partial charge in [-0.25, -0.2) is 4.98 Å². The molecule has 3 aromatic rings. The van der Waals surface area contributed by atoms with E-state index in [-0.39, 0.29) is 23.7 Å². The quantitative estimate of drug-likeness (QED) is 0.415. The number of rotatable bonds is 7. The van der Waals surface area contributed by atoms with Gasteiger partial charge in [0.05, 0.1) is 27.8 Å². The van der Waals surface area contributed by atoms with Gasteiger partial charge in [-0.2, -0.15) is 13.2 Å². The topological polar surface area (TPSA) is 86.9 Å². The van der Waals surface area contributed by atoms with Crippen molar-refractivity contribution in [2.75, 3.05) is 10.6 Å². The van der Waals surface area contributed by atoms with Crippen molar-refractivity contribution in [1.29, 1.82) is 0 Å². The lowest BCUT2D eigenvalue weighted by Gasteiger charge is -2.25. The number of anilines is 2. The molecule has 4 rings (SSSR count). The number of aryl methyl sites for hydroxylation is 1. The number of hydrogen-bond donors (Lipinski definition) is 3. The first-order chi connectivity index (χ1) is 16.3. The highest BCUT2D eigenvalue weighted by Gasteiger charge is 2.31. The van der Waals surface area contributed by atoms with E-state index in [0.717, 1.165) is 44.2 Å². The number of aromatic nitrogens is 2. The minimum Gasteiger partial charge on any atom is -0.381 e. The summed E-state index contributed by atoms with van der Waals surface area (Å²) >= 11 is 0. The van der Waals surface area contributed by atoms with E-state index in [4.69, 9.17) is 0 Å². The van der Waals surface area contributed by atoms with Gasteiger partial charge in [-0.15, -0.1) is 0 Å². The number of alkyl halides is 3. The van der Waals surface area contributed by atoms with Crippen LogP contribution in [0.5, 0.6) is 0 Å². The summed E-state index contributed by atoms with van der Waals surface area (Å²) in [4.78, 5) is 31.9. The van der Waals surface area contributed by atoms with Crippen LogP contribution in [0.3, 0.4) is 0 Å². The van der Waals surface area contributed by atoms with E-state index >= 15 is 0 Å². The molecule has 3 N–H and O–H groups in total. The maximum atomic E-state index is 13.3. The largest absolute Gasteiger partial charge is 0.416 e. The molecule has 1 aliphatic rings. The average molecular weight is 473 g/mol. The fraction of sp³-hybridized carbons (Fsp3) is 0.400. The van der Waals surface area contributed by atoms with Gasteiger partial charge in [0.15, 0.2) is 0 Å². The number of nitrogens with one attached hydrogen (secondary N) is 3. The normalized spacial score (nSPS) is 14.8. The van der Waals surface area contributed by atoms with Crippen LogP contribution >= 0.6 is 0 Å². The predicted molar refractivity (Wildman–Crippen MR) is 126 cm³/mol. The number of amides is 1. The van der Waals surface area contributed by atoms with Crippen molar-refractivity contribution in [1.82, 2.24) is 9.97 Å². The number of benzene rings is 2. The van der Waals surface area contributed by atoms with Crippen LogP contribution in [0, 0.1) is 0 Å². The lowest BCUT2D eigenvalue weighted by molar-refractivity contribution is -0.137. The van der Waals surface area contributed by atoms with E-state index in [1.165, 1.54) is 6.07 Å². The standard InChI is InChI=1S/C25H27F3N4O2/c26-25(27,28)16-13-14-20(29-17-7-2-1-3-8-17)21(15-16)31-23(33)12-6-11-22-30-19-10-5-4-9-18(19)24(34)32-22/h4-5,9-10,13-15,17,29H,1-3,6-8,11-12H2,(H,31,33)(H,30,32,34). The molecule has 1 fully saturated rings. The molecule has 0 unspecified atom stereocenters. The van der Waals surface area contributed by atoms with Crippen molar-refractivity contribution in [3.63, 3.8) is 0 Å². The van der Waals surface area contributed by atoms with Crippen LogP contribution in [-0.2, 0) is 17.4 Å². The second kappa shape index (κ2) is 10.3. The van der Waals surface area contributed by atoms with Gasteiger partial charge >= 0.3 is 6.18 Å². The van der Waals surface area contributed by atoms with Gasteiger partial charge in [0, 0.05) is 18.9 Å². The monoisotopic (exact) mass is 472 g/mol. The fourth-order valence-corrected chi connectivity index (χ4v) is 4.30. The molecule has 0 atom stereocenters. The zero-order valence-corrected chi connectivity index (χ0v) is 18.7. The molecule has 1 heterocycles. The van der Waals surface area contributed by atoms with E-state index in [9.17, 15) is 22.8 Å². The third kappa shape index (κ3) is 5.95. The maximum Gasteiger partial charge on any atom is 0.416 e. The number of H-pyrrole nitrogens is 1. The first kappa shape index (κ1) is 23.8. The second-order valence-corrected chi connectivity index (χ2v) is 8.67. The van der Waals surface area contributed by atoms with Crippen LogP contribution in [0.25, 0.3) is 10.9 Å². The molecular formula is C25H27F3N4O2. The highest BCUT2D eigenvalue weighted by atomic mass is 19.4. The Morgan fingerprint density at radius 2 is 1.82 bits per heavy atom. The Bertz CT molecular complexity index is 1220. The number of fused-ring (bicyclic) bond motifs is 1. The van der Waals surface area contributed by atoms with Crippen LogP contribution in [0.1, 0.15) is 56.3 Å². The number of aromatic amines is 1. The molecule has 0 spiro atoms. The molecule has 1 amide bonds. The number of nitrogens with zero attached hydrogens (tertiary/aromatic N) is 1. The van der Waals surface area contributed by atoms with E-state index < -0.39 is 17.6 Å². The summed E-state index contributed by atoms with van der Waals surface area (Å²) in [5.74, 6) is 0.0735. The third-order valence-corrected chi connectivity index (χ3v) is 6.07.